The van der Waals surface area contributed by atoms with Gasteiger partial charge in [-0.05, 0) is 24.3 Å². The predicted molar refractivity (Wildman–Crippen MR) is 74.8 cm³/mol. The van der Waals surface area contributed by atoms with Crippen LogP contribution >= 0.6 is 0 Å². The number of aromatic nitrogens is 1. The van der Waals surface area contributed by atoms with Crippen molar-refractivity contribution in [3.63, 3.8) is 0 Å². The second-order valence-electron chi connectivity index (χ2n) is 4.02. The molecular weight excluding hydrogens is 277 g/mol. The highest BCUT2D eigenvalue weighted by molar-refractivity contribution is 5.94. The Morgan fingerprint density at radius 2 is 1.90 bits per heavy atom. The van der Waals surface area contributed by atoms with Crippen LogP contribution in [0.2, 0.25) is 0 Å². The smallest absolute Gasteiger partial charge is 0.269 e. The number of hydrazine groups is 1. The summed E-state index contributed by atoms with van der Waals surface area (Å²) in [5.74, 6) is -0.446. The lowest BCUT2D eigenvalue weighted by Crippen LogP contribution is -2.29. The average Bonchev–Trinajstić information content (AvgIpc) is 2.52. The second kappa shape index (κ2) is 6.56. The van der Waals surface area contributed by atoms with Crippen molar-refractivity contribution in [2.45, 2.75) is 0 Å². The Labute approximate surface area is 120 Å². The van der Waals surface area contributed by atoms with E-state index in [1.165, 1.54) is 19.4 Å². The van der Waals surface area contributed by atoms with Crippen molar-refractivity contribution < 1.29 is 18.7 Å². The van der Waals surface area contributed by atoms with E-state index in [1.54, 1.807) is 31.4 Å². The zero-order valence-corrected chi connectivity index (χ0v) is 11.5. The van der Waals surface area contributed by atoms with Crippen LogP contribution in [-0.4, -0.2) is 25.1 Å². The largest absolute Gasteiger partial charge is 0.497 e. The van der Waals surface area contributed by atoms with Gasteiger partial charge in [-0.3, -0.25) is 15.6 Å². The Hall–Kier alpha value is -2.83. The van der Waals surface area contributed by atoms with Gasteiger partial charge in [-0.15, -0.1) is 0 Å². The fourth-order valence-corrected chi connectivity index (χ4v) is 1.59. The maximum atomic E-state index is 13.4. The molecule has 1 amide bonds. The Balaban J connectivity index is 1.98. The van der Waals surface area contributed by atoms with Gasteiger partial charge < -0.3 is 9.47 Å². The number of pyridine rings is 1. The van der Waals surface area contributed by atoms with E-state index in [2.05, 4.69) is 15.8 Å². The minimum Gasteiger partial charge on any atom is -0.497 e. The third kappa shape index (κ3) is 3.59. The van der Waals surface area contributed by atoms with E-state index in [0.29, 0.717) is 17.0 Å². The number of methoxy groups -OCH3 is 2. The van der Waals surface area contributed by atoms with Gasteiger partial charge in [0.15, 0.2) is 5.82 Å². The maximum Gasteiger partial charge on any atom is 0.269 e. The number of rotatable bonds is 5. The Morgan fingerprint density at radius 3 is 2.48 bits per heavy atom. The van der Waals surface area contributed by atoms with Crippen LogP contribution in [0, 0.1) is 5.82 Å². The number of carbonyl (C=O) groups is 1. The quantitative estimate of drug-likeness (QED) is 0.824. The van der Waals surface area contributed by atoms with E-state index in [4.69, 9.17) is 9.47 Å². The fraction of sp³-hybridized carbons (Fsp3) is 0.143. The molecule has 0 atom stereocenters. The summed E-state index contributed by atoms with van der Waals surface area (Å²) in [7, 11) is 2.87. The second-order valence-corrected chi connectivity index (χ2v) is 4.02. The molecule has 0 bridgehead atoms. The van der Waals surface area contributed by atoms with Crippen LogP contribution < -0.4 is 20.3 Å². The van der Waals surface area contributed by atoms with E-state index in [9.17, 15) is 9.18 Å². The van der Waals surface area contributed by atoms with Crippen LogP contribution in [0.1, 0.15) is 10.4 Å². The number of anilines is 1. The van der Waals surface area contributed by atoms with Gasteiger partial charge in [-0.2, -0.15) is 0 Å². The first-order chi connectivity index (χ1) is 10.1. The molecule has 0 unspecified atom stereocenters. The number of amides is 1. The zero-order valence-electron chi connectivity index (χ0n) is 11.5. The van der Waals surface area contributed by atoms with E-state index in [-0.39, 0.29) is 11.8 Å². The van der Waals surface area contributed by atoms with Crippen LogP contribution in [0.3, 0.4) is 0 Å². The van der Waals surface area contributed by atoms with Crippen molar-refractivity contribution in [3.05, 3.63) is 47.9 Å². The van der Waals surface area contributed by atoms with Crippen LogP contribution in [0.4, 0.5) is 10.1 Å². The lowest BCUT2D eigenvalue weighted by atomic mass is 10.2. The summed E-state index contributed by atoms with van der Waals surface area (Å²) in [4.78, 5) is 15.6. The standard InChI is InChI=1S/C14H14FN3O3/c1-20-11-5-3-9(4-6-11)13(19)18-17-10-7-12(15)14(21-2)16-8-10/h3-8,17H,1-2H3,(H,18,19). The normalized spacial score (nSPS) is 9.86. The van der Waals surface area contributed by atoms with Crippen LogP contribution in [-0.2, 0) is 0 Å². The molecule has 0 fully saturated rings. The van der Waals surface area contributed by atoms with Gasteiger partial charge in [0, 0.05) is 11.6 Å². The molecule has 0 aliphatic rings. The van der Waals surface area contributed by atoms with E-state index < -0.39 is 5.82 Å². The van der Waals surface area contributed by atoms with Crippen LogP contribution in [0.25, 0.3) is 0 Å². The number of halogens is 1. The van der Waals surface area contributed by atoms with Crippen molar-refractivity contribution in [2.24, 2.45) is 0 Å². The number of hydrogen-bond acceptors (Lipinski definition) is 5. The third-order valence-electron chi connectivity index (χ3n) is 2.67. The molecule has 2 N–H and O–H groups in total. The molecule has 0 saturated carbocycles. The lowest BCUT2D eigenvalue weighted by molar-refractivity contribution is 0.0962. The predicted octanol–water partition coefficient (Wildman–Crippen LogP) is 1.99. The molecule has 0 aliphatic carbocycles. The first-order valence-corrected chi connectivity index (χ1v) is 6.04. The van der Waals surface area contributed by atoms with Crippen molar-refractivity contribution in [2.75, 3.05) is 19.6 Å². The van der Waals surface area contributed by atoms with Gasteiger partial charge in [0.25, 0.3) is 5.91 Å². The van der Waals surface area contributed by atoms with Gasteiger partial charge in [0.05, 0.1) is 26.1 Å². The molecule has 0 spiro atoms. The highest BCUT2D eigenvalue weighted by Gasteiger charge is 2.07. The first-order valence-electron chi connectivity index (χ1n) is 6.04. The van der Waals surface area contributed by atoms with Crippen molar-refractivity contribution in [3.8, 4) is 11.6 Å². The molecule has 6 nitrogen and oxygen atoms in total. The molecule has 2 rings (SSSR count). The number of carbonyl (C=O) groups excluding carboxylic acids is 1. The minimum atomic E-state index is -0.624. The van der Waals surface area contributed by atoms with Gasteiger partial charge in [0.2, 0.25) is 5.88 Å². The van der Waals surface area contributed by atoms with Gasteiger partial charge >= 0.3 is 0 Å². The van der Waals surface area contributed by atoms with Crippen molar-refractivity contribution in [1.29, 1.82) is 0 Å². The monoisotopic (exact) mass is 291 g/mol. The lowest BCUT2D eigenvalue weighted by Gasteiger charge is -2.09. The molecule has 1 heterocycles. The van der Waals surface area contributed by atoms with Gasteiger partial charge in [-0.1, -0.05) is 0 Å². The molecular formula is C14H14FN3O3. The number of nitrogens with zero attached hydrogens (tertiary/aromatic N) is 1. The van der Waals surface area contributed by atoms with E-state index in [0.717, 1.165) is 0 Å². The third-order valence-corrected chi connectivity index (χ3v) is 2.67. The number of ether oxygens (including phenoxy) is 2. The molecule has 1 aromatic heterocycles. The molecule has 1 aromatic carbocycles. The highest BCUT2D eigenvalue weighted by atomic mass is 19.1. The molecule has 0 aliphatic heterocycles. The number of nitrogens with one attached hydrogen (secondary N) is 2. The summed E-state index contributed by atoms with van der Waals surface area (Å²) < 4.78 is 23.1. The maximum absolute atomic E-state index is 13.4. The minimum absolute atomic E-state index is 0.109. The van der Waals surface area contributed by atoms with Crippen molar-refractivity contribution >= 4 is 11.6 Å². The van der Waals surface area contributed by atoms with E-state index in [1.807, 2.05) is 0 Å². The molecule has 21 heavy (non-hydrogen) atoms. The summed E-state index contributed by atoms with van der Waals surface area (Å²) in [6.45, 7) is 0. The van der Waals surface area contributed by atoms with Crippen molar-refractivity contribution in [1.82, 2.24) is 10.4 Å². The number of benzene rings is 1. The van der Waals surface area contributed by atoms with E-state index >= 15 is 0 Å². The Bertz CT molecular complexity index is 632. The number of hydrogen-bond donors (Lipinski definition) is 2. The molecule has 7 heteroatoms. The molecule has 110 valence electrons. The summed E-state index contributed by atoms with van der Waals surface area (Å²) in [6.07, 6.45) is 1.34. The first kappa shape index (κ1) is 14.6. The summed E-state index contributed by atoms with van der Waals surface area (Å²) in [5, 5.41) is 0. The average molecular weight is 291 g/mol. The summed E-state index contributed by atoms with van der Waals surface area (Å²) in [6, 6.07) is 7.73. The topological polar surface area (TPSA) is 72.5 Å². The van der Waals surface area contributed by atoms with Gasteiger partial charge in [0.1, 0.15) is 5.75 Å². The SMILES string of the molecule is COc1ccc(C(=O)NNc2cnc(OC)c(F)c2)cc1. The summed E-state index contributed by atoms with van der Waals surface area (Å²) in [5.41, 5.74) is 5.75. The summed E-state index contributed by atoms with van der Waals surface area (Å²) >= 11 is 0. The van der Waals surface area contributed by atoms with Crippen LogP contribution in [0.5, 0.6) is 11.6 Å². The fourth-order valence-electron chi connectivity index (χ4n) is 1.59. The Morgan fingerprint density at radius 1 is 1.19 bits per heavy atom. The zero-order chi connectivity index (χ0) is 15.2. The van der Waals surface area contributed by atoms with Crippen LogP contribution in [0.15, 0.2) is 36.5 Å². The van der Waals surface area contributed by atoms with Gasteiger partial charge in [-0.25, -0.2) is 9.37 Å². The molecule has 0 saturated heterocycles. The molecule has 2 aromatic rings. The molecule has 0 radical (unpaired) electrons. The highest BCUT2D eigenvalue weighted by Crippen LogP contribution is 2.16. The Kier molecular flexibility index (Phi) is 4.55.